The van der Waals surface area contributed by atoms with Crippen LogP contribution in [0.5, 0.6) is 0 Å². The van der Waals surface area contributed by atoms with Crippen LogP contribution in [0, 0.1) is 12.3 Å². The van der Waals surface area contributed by atoms with Crippen LogP contribution < -0.4 is 0 Å². The molecule has 3 nitrogen and oxygen atoms in total. The first-order valence-electron chi connectivity index (χ1n) is 12.3. The lowest BCUT2D eigenvalue weighted by Crippen LogP contribution is -2.29. The molecular formula is C28H43F4NO2. The third-order valence-corrected chi connectivity index (χ3v) is 5.64. The number of halogens is 4. The molecule has 0 saturated heterocycles. The molecule has 2 unspecified atom stereocenters. The van der Waals surface area contributed by atoms with Gasteiger partial charge in [0.15, 0.2) is 0 Å². The topological polar surface area (TPSA) is 53.4 Å². The number of aliphatic hydroxyl groups is 2. The van der Waals surface area contributed by atoms with Crippen molar-refractivity contribution in [1.29, 1.82) is 0 Å². The molecule has 0 saturated carbocycles. The Morgan fingerprint density at radius 1 is 1.20 bits per heavy atom. The van der Waals surface area contributed by atoms with E-state index >= 15 is 0 Å². The summed E-state index contributed by atoms with van der Waals surface area (Å²) < 4.78 is 52.7. The number of rotatable bonds is 6. The Morgan fingerprint density at radius 3 is 2.20 bits per heavy atom. The Balaban J connectivity index is 0.00000274. The van der Waals surface area contributed by atoms with Crippen LogP contribution in [-0.4, -0.2) is 21.4 Å². The fraction of sp³-hybridized carbons (Fsp3) is 0.607. The number of nitrogens with zero attached hydrogens (tertiary/aromatic N) is 1. The van der Waals surface area contributed by atoms with Gasteiger partial charge in [-0.3, -0.25) is 4.98 Å². The van der Waals surface area contributed by atoms with Crippen molar-refractivity contribution in [3.05, 3.63) is 64.3 Å². The van der Waals surface area contributed by atoms with E-state index in [0.29, 0.717) is 47.4 Å². The lowest BCUT2D eigenvalue weighted by Gasteiger charge is -2.36. The molecule has 0 aromatic carbocycles. The normalized spacial score (nSPS) is 18.6. The van der Waals surface area contributed by atoms with Crippen LogP contribution in [-0.2, 0) is 6.42 Å². The lowest BCUT2D eigenvalue weighted by atomic mass is 9.72. The van der Waals surface area contributed by atoms with Crippen molar-refractivity contribution in [3.63, 3.8) is 0 Å². The Bertz CT molecular complexity index is 899. The summed E-state index contributed by atoms with van der Waals surface area (Å²) in [7, 11) is 0. The fourth-order valence-electron chi connectivity index (χ4n) is 4.26. The minimum Gasteiger partial charge on any atom is -0.388 e. The Hall–Kier alpha value is -1.99. The summed E-state index contributed by atoms with van der Waals surface area (Å²) in [6.07, 6.45) is -3.44. The standard InChI is InChI=1S/C24H31F4NO2.2C2H6/c1-7-16(25)15(24(26,27)28)9-8-10-18(30)21-14(4)20-17(29-22(21)13(2)3)11-23(5,6)12-19(20)31;2*1-2/h7-9,13,18-19,30-31H,1,10-12H2,2-6H3;2*1-2H3/b9-8-,16-15-;;. The van der Waals surface area contributed by atoms with Crippen molar-refractivity contribution in [2.45, 2.75) is 106 Å². The summed E-state index contributed by atoms with van der Waals surface area (Å²) in [5.41, 5.74) is 1.81. The van der Waals surface area contributed by atoms with E-state index in [9.17, 15) is 27.8 Å². The van der Waals surface area contributed by atoms with E-state index in [0.717, 1.165) is 11.8 Å². The summed E-state index contributed by atoms with van der Waals surface area (Å²) >= 11 is 0. The molecule has 2 atom stereocenters. The number of fused-ring (bicyclic) bond motifs is 1. The number of pyridine rings is 1. The number of alkyl halides is 3. The highest BCUT2D eigenvalue weighted by atomic mass is 19.4. The molecule has 1 aliphatic rings. The molecule has 1 aromatic heterocycles. The van der Waals surface area contributed by atoms with Gasteiger partial charge in [0.1, 0.15) is 5.83 Å². The smallest absolute Gasteiger partial charge is 0.388 e. The van der Waals surface area contributed by atoms with Gasteiger partial charge in [-0.25, -0.2) is 4.39 Å². The Labute approximate surface area is 208 Å². The van der Waals surface area contributed by atoms with Crippen molar-refractivity contribution < 1.29 is 27.8 Å². The second-order valence-electron chi connectivity index (χ2n) is 9.23. The van der Waals surface area contributed by atoms with Gasteiger partial charge in [0.2, 0.25) is 0 Å². The van der Waals surface area contributed by atoms with E-state index in [4.69, 9.17) is 4.98 Å². The molecule has 0 fully saturated rings. The molecule has 0 bridgehead atoms. The van der Waals surface area contributed by atoms with Crippen LogP contribution in [0.3, 0.4) is 0 Å². The quantitative estimate of drug-likeness (QED) is 0.303. The van der Waals surface area contributed by atoms with Crippen LogP contribution in [0.25, 0.3) is 0 Å². The zero-order valence-electron chi connectivity index (χ0n) is 22.6. The van der Waals surface area contributed by atoms with Crippen LogP contribution in [0.1, 0.15) is 114 Å². The number of aliphatic hydroxyl groups excluding tert-OH is 2. The highest BCUT2D eigenvalue weighted by molar-refractivity contribution is 5.45. The van der Waals surface area contributed by atoms with E-state index in [-0.39, 0.29) is 17.8 Å². The molecule has 7 heteroatoms. The maximum atomic E-state index is 13.6. The van der Waals surface area contributed by atoms with Crippen LogP contribution in [0.2, 0.25) is 0 Å². The molecule has 0 radical (unpaired) electrons. The molecule has 2 rings (SSSR count). The second-order valence-corrected chi connectivity index (χ2v) is 9.23. The minimum atomic E-state index is -4.87. The van der Waals surface area contributed by atoms with Crippen molar-refractivity contribution in [1.82, 2.24) is 4.98 Å². The van der Waals surface area contributed by atoms with E-state index in [1.54, 1.807) is 6.92 Å². The molecule has 200 valence electrons. The highest BCUT2D eigenvalue weighted by Gasteiger charge is 2.36. The van der Waals surface area contributed by atoms with Gasteiger partial charge >= 0.3 is 6.18 Å². The largest absolute Gasteiger partial charge is 0.419 e. The van der Waals surface area contributed by atoms with E-state index in [1.807, 2.05) is 41.5 Å². The minimum absolute atomic E-state index is 0.0383. The first kappa shape index (κ1) is 33.0. The van der Waals surface area contributed by atoms with Gasteiger partial charge in [0.05, 0.1) is 17.8 Å². The zero-order chi connectivity index (χ0) is 27.7. The van der Waals surface area contributed by atoms with Crippen molar-refractivity contribution in [2.75, 3.05) is 0 Å². The first-order chi connectivity index (χ1) is 16.2. The third kappa shape index (κ3) is 8.57. The number of hydrogen-bond donors (Lipinski definition) is 2. The summed E-state index contributed by atoms with van der Waals surface area (Å²) in [6, 6.07) is 0. The summed E-state index contributed by atoms with van der Waals surface area (Å²) in [5.74, 6) is -1.51. The van der Waals surface area contributed by atoms with Crippen molar-refractivity contribution >= 4 is 0 Å². The monoisotopic (exact) mass is 501 g/mol. The van der Waals surface area contributed by atoms with Gasteiger partial charge in [-0.2, -0.15) is 13.2 Å². The van der Waals surface area contributed by atoms with Crippen molar-refractivity contribution in [3.8, 4) is 0 Å². The molecule has 1 heterocycles. The Kier molecular flexibility index (Phi) is 13.1. The molecular weight excluding hydrogens is 458 g/mol. The average Bonchev–Trinajstić information content (AvgIpc) is 2.76. The fourth-order valence-corrected chi connectivity index (χ4v) is 4.26. The zero-order valence-corrected chi connectivity index (χ0v) is 22.6. The SMILES string of the molecule is C=C/C(F)=C(\C=C/CC(O)c1c(C(C)C)nc2c(c1C)C(O)CC(C)(C)C2)C(F)(F)F.CC.CC. The van der Waals surface area contributed by atoms with Gasteiger partial charge in [-0.05, 0) is 49.2 Å². The lowest BCUT2D eigenvalue weighted by molar-refractivity contribution is -0.0897. The molecule has 0 aliphatic heterocycles. The third-order valence-electron chi connectivity index (χ3n) is 5.64. The maximum absolute atomic E-state index is 13.6. The maximum Gasteiger partial charge on any atom is 0.419 e. The molecule has 2 N–H and O–H groups in total. The van der Waals surface area contributed by atoms with Crippen LogP contribution >= 0.6 is 0 Å². The molecule has 1 aromatic rings. The number of allylic oxidation sites excluding steroid dienone is 4. The highest BCUT2D eigenvalue weighted by Crippen LogP contribution is 2.44. The van der Waals surface area contributed by atoms with Crippen molar-refractivity contribution in [2.24, 2.45) is 5.41 Å². The summed E-state index contributed by atoms with van der Waals surface area (Å²) in [6.45, 7) is 20.8. The van der Waals surface area contributed by atoms with E-state index in [1.165, 1.54) is 0 Å². The van der Waals surface area contributed by atoms with Crippen LogP contribution in [0.4, 0.5) is 17.6 Å². The molecule has 0 amide bonds. The van der Waals surface area contributed by atoms with Gasteiger partial charge in [-0.1, -0.05) is 74.1 Å². The Morgan fingerprint density at radius 2 is 1.74 bits per heavy atom. The predicted octanol–water partition coefficient (Wildman–Crippen LogP) is 8.52. The number of aromatic nitrogens is 1. The van der Waals surface area contributed by atoms with Crippen LogP contribution in [0.15, 0.2) is 36.2 Å². The average molecular weight is 502 g/mol. The summed E-state index contributed by atoms with van der Waals surface area (Å²) in [4.78, 5) is 4.76. The predicted molar refractivity (Wildman–Crippen MR) is 136 cm³/mol. The first-order valence-corrected chi connectivity index (χ1v) is 12.3. The molecule has 0 spiro atoms. The number of hydrogen-bond acceptors (Lipinski definition) is 3. The summed E-state index contributed by atoms with van der Waals surface area (Å²) in [5, 5.41) is 21.6. The van der Waals surface area contributed by atoms with Gasteiger partial charge < -0.3 is 10.2 Å². The molecule has 1 aliphatic carbocycles. The molecule has 35 heavy (non-hydrogen) atoms. The van der Waals surface area contributed by atoms with E-state index in [2.05, 4.69) is 20.4 Å². The van der Waals surface area contributed by atoms with Gasteiger partial charge in [0.25, 0.3) is 0 Å². The van der Waals surface area contributed by atoms with Gasteiger partial charge in [0, 0.05) is 22.5 Å². The van der Waals surface area contributed by atoms with Gasteiger partial charge in [-0.15, -0.1) is 0 Å². The van der Waals surface area contributed by atoms with E-state index < -0.39 is 29.8 Å². The second kappa shape index (κ2) is 13.9.